The highest BCUT2D eigenvalue weighted by atomic mass is 32.1. The van der Waals surface area contributed by atoms with Crippen LogP contribution >= 0.6 is 11.3 Å². The Morgan fingerprint density at radius 1 is 1.28 bits per heavy atom. The molecular weight excluding hydrogens is 336 g/mol. The van der Waals surface area contributed by atoms with Gasteiger partial charge in [-0.15, -0.1) is 0 Å². The number of aromatic nitrogens is 1. The van der Waals surface area contributed by atoms with Gasteiger partial charge in [-0.3, -0.25) is 9.59 Å². The lowest BCUT2D eigenvalue weighted by Crippen LogP contribution is -2.30. The van der Waals surface area contributed by atoms with Crippen molar-refractivity contribution >= 4 is 33.1 Å². The van der Waals surface area contributed by atoms with Gasteiger partial charge in [0.25, 0.3) is 5.91 Å². The van der Waals surface area contributed by atoms with Crippen LogP contribution in [-0.4, -0.2) is 16.6 Å². The molecule has 0 spiro atoms. The van der Waals surface area contributed by atoms with Crippen molar-refractivity contribution in [1.82, 2.24) is 4.57 Å². The average Bonchev–Trinajstić information content (AvgIpc) is 2.89. The summed E-state index contributed by atoms with van der Waals surface area (Å²) in [5, 5.41) is 2.85. The minimum absolute atomic E-state index is 0.0219. The fourth-order valence-corrected chi connectivity index (χ4v) is 3.53. The van der Waals surface area contributed by atoms with Crippen molar-refractivity contribution in [3.05, 3.63) is 57.7 Å². The number of thiazole rings is 1. The third-order valence-electron chi connectivity index (χ3n) is 4.09. The zero-order valence-electron chi connectivity index (χ0n) is 14.4. The summed E-state index contributed by atoms with van der Waals surface area (Å²) in [6.45, 7) is 3.77. The maximum absolute atomic E-state index is 12.4. The molecule has 1 heterocycles. The highest BCUT2D eigenvalue weighted by Crippen LogP contribution is 2.22. The summed E-state index contributed by atoms with van der Waals surface area (Å²) >= 11 is 1.16. The fraction of sp³-hybridized carbons (Fsp3) is 0.263. The highest BCUT2D eigenvalue weighted by molar-refractivity contribution is 7.16. The van der Waals surface area contributed by atoms with Gasteiger partial charge in [0.1, 0.15) is 5.75 Å². The maximum atomic E-state index is 12.4. The normalized spacial score (nSPS) is 12.1. The second-order valence-electron chi connectivity index (χ2n) is 5.82. The van der Waals surface area contributed by atoms with Crippen molar-refractivity contribution in [1.29, 1.82) is 0 Å². The molecule has 1 amide bonds. The van der Waals surface area contributed by atoms with Crippen LogP contribution in [0.5, 0.6) is 5.75 Å². The van der Waals surface area contributed by atoms with Crippen LogP contribution in [0.4, 0.5) is 5.69 Å². The summed E-state index contributed by atoms with van der Waals surface area (Å²) in [6, 6.07) is 13.1. The molecule has 0 saturated heterocycles. The number of carbonyl (C=O) groups excluding carboxylic acids is 1. The van der Waals surface area contributed by atoms with E-state index in [2.05, 4.69) is 5.32 Å². The predicted molar refractivity (Wildman–Crippen MR) is 102 cm³/mol. The van der Waals surface area contributed by atoms with Gasteiger partial charge in [0.05, 0.1) is 10.2 Å². The van der Waals surface area contributed by atoms with E-state index in [9.17, 15) is 9.59 Å². The van der Waals surface area contributed by atoms with Gasteiger partial charge in [-0.2, -0.15) is 0 Å². The van der Waals surface area contributed by atoms with Crippen LogP contribution in [0, 0.1) is 0 Å². The number of fused-ring (bicyclic) bond motifs is 1. The maximum Gasteiger partial charge on any atom is 0.307 e. The molecule has 6 heteroatoms. The number of ether oxygens (including phenoxy) is 1. The Kier molecular flexibility index (Phi) is 4.90. The Balaban J connectivity index is 1.74. The molecule has 3 aromatic rings. The number of carbonyl (C=O) groups is 1. The summed E-state index contributed by atoms with van der Waals surface area (Å²) in [5.74, 6) is 0.498. The quantitative estimate of drug-likeness (QED) is 0.760. The smallest absolute Gasteiger partial charge is 0.307 e. The monoisotopic (exact) mass is 356 g/mol. The van der Waals surface area contributed by atoms with Gasteiger partial charge in [-0.1, -0.05) is 36.5 Å². The molecule has 1 unspecified atom stereocenters. The molecule has 5 nitrogen and oxygen atoms in total. The molecule has 0 bridgehead atoms. The lowest BCUT2D eigenvalue weighted by molar-refractivity contribution is -0.122. The Morgan fingerprint density at radius 2 is 2.04 bits per heavy atom. The SMILES string of the molecule is CCc1ccccc1OC(C)C(=O)Nc1ccc2c(c1)sc(=O)n2C. The van der Waals surface area contributed by atoms with E-state index in [4.69, 9.17) is 4.74 Å². The number of aryl methyl sites for hydroxylation is 2. The lowest BCUT2D eigenvalue weighted by atomic mass is 10.1. The first-order valence-corrected chi connectivity index (χ1v) is 8.96. The summed E-state index contributed by atoms with van der Waals surface area (Å²) in [5.41, 5.74) is 2.57. The van der Waals surface area contributed by atoms with E-state index >= 15 is 0 Å². The van der Waals surface area contributed by atoms with E-state index in [-0.39, 0.29) is 10.8 Å². The standard InChI is InChI=1S/C19H20N2O3S/c1-4-13-7-5-6-8-16(13)24-12(2)18(22)20-14-9-10-15-17(11-14)25-19(23)21(15)3/h5-12H,4H2,1-3H3,(H,20,22). The summed E-state index contributed by atoms with van der Waals surface area (Å²) in [7, 11) is 1.74. The van der Waals surface area contributed by atoms with Gasteiger partial charge in [-0.25, -0.2) is 0 Å². The van der Waals surface area contributed by atoms with Crippen LogP contribution < -0.4 is 14.9 Å². The van der Waals surface area contributed by atoms with Crippen molar-refractivity contribution in [3.63, 3.8) is 0 Å². The van der Waals surface area contributed by atoms with Crippen LogP contribution in [-0.2, 0) is 18.3 Å². The second-order valence-corrected chi connectivity index (χ2v) is 6.81. The number of benzene rings is 2. The summed E-state index contributed by atoms with van der Waals surface area (Å²) in [4.78, 5) is 24.1. The number of para-hydroxylation sites is 1. The van der Waals surface area contributed by atoms with Gasteiger partial charge in [0, 0.05) is 12.7 Å². The molecule has 1 aromatic heterocycles. The van der Waals surface area contributed by atoms with Gasteiger partial charge in [-0.05, 0) is 43.2 Å². The fourth-order valence-electron chi connectivity index (χ4n) is 2.61. The van der Waals surface area contributed by atoms with Crippen molar-refractivity contribution < 1.29 is 9.53 Å². The molecule has 1 N–H and O–H groups in total. The van der Waals surface area contributed by atoms with E-state index < -0.39 is 6.10 Å². The zero-order valence-corrected chi connectivity index (χ0v) is 15.2. The van der Waals surface area contributed by atoms with Crippen LogP contribution in [0.1, 0.15) is 19.4 Å². The number of nitrogens with zero attached hydrogens (tertiary/aromatic N) is 1. The van der Waals surface area contributed by atoms with Crippen molar-refractivity contribution in [2.75, 3.05) is 5.32 Å². The first-order chi connectivity index (χ1) is 12.0. The third-order valence-corrected chi connectivity index (χ3v) is 5.08. The lowest BCUT2D eigenvalue weighted by Gasteiger charge is -2.17. The molecule has 0 aliphatic rings. The van der Waals surface area contributed by atoms with E-state index in [0.29, 0.717) is 5.69 Å². The number of amides is 1. The average molecular weight is 356 g/mol. The molecule has 3 rings (SSSR count). The molecule has 25 heavy (non-hydrogen) atoms. The van der Waals surface area contributed by atoms with Gasteiger partial charge < -0.3 is 14.6 Å². The van der Waals surface area contributed by atoms with Gasteiger partial charge in [0.15, 0.2) is 6.10 Å². The third kappa shape index (κ3) is 3.58. The Morgan fingerprint density at radius 3 is 2.80 bits per heavy atom. The summed E-state index contributed by atoms with van der Waals surface area (Å²) in [6.07, 6.45) is 0.214. The van der Waals surface area contributed by atoms with Crippen LogP contribution in [0.3, 0.4) is 0 Å². The molecule has 1 atom stereocenters. The Bertz CT molecular complexity index is 974. The van der Waals surface area contributed by atoms with E-state index in [1.807, 2.05) is 43.3 Å². The molecule has 0 saturated carbocycles. The second kappa shape index (κ2) is 7.11. The van der Waals surface area contributed by atoms with Gasteiger partial charge >= 0.3 is 4.87 Å². The summed E-state index contributed by atoms with van der Waals surface area (Å²) < 4.78 is 8.26. The number of hydrogen-bond donors (Lipinski definition) is 1. The molecular formula is C19H20N2O3S. The van der Waals surface area contributed by atoms with Crippen LogP contribution in [0.25, 0.3) is 10.2 Å². The molecule has 0 radical (unpaired) electrons. The Labute approximate surface area is 149 Å². The van der Waals surface area contributed by atoms with Crippen molar-refractivity contribution in [3.8, 4) is 5.75 Å². The number of rotatable bonds is 5. The minimum Gasteiger partial charge on any atom is -0.481 e. The largest absolute Gasteiger partial charge is 0.481 e. The topological polar surface area (TPSA) is 60.3 Å². The molecule has 0 fully saturated rings. The number of hydrogen-bond acceptors (Lipinski definition) is 4. The first kappa shape index (κ1) is 17.2. The van der Waals surface area contributed by atoms with Crippen molar-refractivity contribution in [2.24, 2.45) is 7.05 Å². The molecule has 0 aliphatic heterocycles. The molecule has 2 aromatic carbocycles. The number of nitrogens with one attached hydrogen (secondary N) is 1. The Hall–Kier alpha value is -2.60. The molecule has 130 valence electrons. The van der Waals surface area contributed by atoms with Crippen molar-refractivity contribution in [2.45, 2.75) is 26.4 Å². The number of anilines is 1. The minimum atomic E-state index is -0.627. The highest BCUT2D eigenvalue weighted by Gasteiger charge is 2.16. The molecule has 0 aliphatic carbocycles. The van der Waals surface area contributed by atoms with E-state index in [0.717, 1.165) is 39.3 Å². The van der Waals surface area contributed by atoms with Gasteiger partial charge in [0.2, 0.25) is 0 Å². The zero-order chi connectivity index (χ0) is 18.0. The van der Waals surface area contributed by atoms with E-state index in [1.54, 1.807) is 24.6 Å². The van der Waals surface area contributed by atoms with Crippen LogP contribution in [0.15, 0.2) is 47.3 Å². The van der Waals surface area contributed by atoms with Crippen LogP contribution in [0.2, 0.25) is 0 Å². The van der Waals surface area contributed by atoms with E-state index in [1.165, 1.54) is 0 Å². The predicted octanol–water partition coefficient (Wildman–Crippen LogP) is 3.57. The first-order valence-electron chi connectivity index (χ1n) is 8.14.